The Morgan fingerprint density at radius 2 is 2.11 bits per heavy atom. The fraction of sp³-hybridized carbons (Fsp3) is 0.462. The van der Waals surface area contributed by atoms with Crippen molar-refractivity contribution in [2.75, 3.05) is 6.54 Å². The van der Waals surface area contributed by atoms with E-state index in [2.05, 4.69) is 5.32 Å². The smallest absolute Gasteiger partial charge is 0.257 e. The van der Waals surface area contributed by atoms with Gasteiger partial charge in [-0.3, -0.25) is 4.79 Å². The van der Waals surface area contributed by atoms with Gasteiger partial charge in [0.1, 0.15) is 17.2 Å². The van der Waals surface area contributed by atoms with Gasteiger partial charge in [0.15, 0.2) is 0 Å². The summed E-state index contributed by atoms with van der Waals surface area (Å²) in [6.45, 7) is 3.78. The van der Waals surface area contributed by atoms with Gasteiger partial charge in [0.2, 0.25) is 0 Å². The van der Waals surface area contributed by atoms with E-state index in [1.165, 1.54) is 13.0 Å². The van der Waals surface area contributed by atoms with Crippen molar-refractivity contribution >= 4 is 5.91 Å². The van der Waals surface area contributed by atoms with Gasteiger partial charge in [-0.2, -0.15) is 0 Å². The Morgan fingerprint density at radius 3 is 2.67 bits per heavy atom. The van der Waals surface area contributed by atoms with E-state index in [4.69, 9.17) is 5.73 Å². The van der Waals surface area contributed by atoms with Crippen LogP contribution < -0.4 is 11.1 Å². The molecular formula is C13H18F2N2O. The first-order valence-corrected chi connectivity index (χ1v) is 5.96. The molecule has 0 saturated heterocycles. The van der Waals surface area contributed by atoms with Crippen LogP contribution in [0.3, 0.4) is 0 Å². The van der Waals surface area contributed by atoms with E-state index in [-0.39, 0.29) is 11.6 Å². The number of benzene rings is 1. The van der Waals surface area contributed by atoms with Gasteiger partial charge in [-0.1, -0.05) is 13.0 Å². The molecule has 1 amide bonds. The predicted octanol–water partition coefficient (Wildman–Crippen LogP) is 2.13. The second-order valence-electron chi connectivity index (χ2n) is 4.21. The molecule has 0 aliphatic carbocycles. The Bertz CT molecular complexity index is 435. The lowest BCUT2D eigenvalue weighted by atomic mass is 10.1. The summed E-state index contributed by atoms with van der Waals surface area (Å²) in [7, 11) is 0. The van der Waals surface area contributed by atoms with E-state index in [0.717, 1.165) is 6.07 Å². The SMILES string of the molecule is CCC(CCN)NC(=O)c1c(F)ccc(C)c1F. The Balaban J connectivity index is 2.93. The number of nitrogens with two attached hydrogens (primary N) is 1. The van der Waals surface area contributed by atoms with E-state index >= 15 is 0 Å². The standard InChI is InChI=1S/C13H18F2N2O/c1-3-9(6-7-16)17-13(18)11-10(14)5-4-8(2)12(11)15/h4-5,9H,3,6-7,16H2,1-2H3,(H,17,18). The molecule has 1 atom stereocenters. The maximum Gasteiger partial charge on any atom is 0.257 e. The highest BCUT2D eigenvalue weighted by Crippen LogP contribution is 2.16. The topological polar surface area (TPSA) is 55.1 Å². The number of hydrogen-bond acceptors (Lipinski definition) is 2. The van der Waals surface area contributed by atoms with E-state index in [9.17, 15) is 13.6 Å². The molecule has 3 nitrogen and oxygen atoms in total. The van der Waals surface area contributed by atoms with Crippen molar-refractivity contribution < 1.29 is 13.6 Å². The van der Waals surface area contributed by atoms with Crippen LogP contribution in [0.15, 0.2) is 12.1 Å². The number of rotatable bonds is 5. The van der Waals surface area contributed by atoms with Gasteiger partial charge in [-0.05, 0) is 37.9 Å². The van der Waals surface area contributed by atoms with Gasteiger partial charge in [-0.25, -0.2) is 8.78 Å². The molecule has 0 aliphatic heterocycles. The molecule has 100 valence electrons. The van der Waals surface area contributed by atoms with Crippen molar-refractivity contribution in [3.63, 3.8) is 0 Å². The first kappa shape index (κ1) is 14.6. The Labute approximate surface area is 105 Å². The monoisotopic (exact) mass is 256 g/mol. The molecule has 0 saturated carbocycles. The highest BCUT2D eigenvalue weighted by atomic mass is 19.1. The van der Waals surface area contributed by atoms with Crippen molar-refractivity contribution in [1.29, 1.82) is 0 Å². The summed E-state index contributed by atoms with van der Waals surface area (Å²) < 4.78 is 27.2. The molecule has 1 aromatic rings. The minimum atomic E-state index is -0.849. The molecule has 3 N–H and O–H groups in total. The van der Waals surface area contributed by atoms with Gasteiger partial charge in [0, 0.05) is 6.04 Å². The molecule has 1 aromatic carbocycles. The van der Waals surface area contributed by atoms with Gasteiger partial charge in [0.05, 0.1) is 0 Å². The fourth-order valence-electron chi connectivity index (χ4n) is 1.70. The second kappa shape index (κ2) is 6.44. The summed E-state index contributed by atoms with van der Waals surface area (Å²) in [4.78, 5) is 11.9. The number of amides is 1. The third-order valence-electron chi connectivity index (χ3n) is 2.85. The summed E-state index contributed by atoms with van der Waals surface area (Å²) in [5, 5.41) is 2.59. The Hall–Kier alpha value is -1.49. The molecule has 1 rings (SSSR count). The first-order chi connectivity index (χ1) is 8.51. The van der Waals surface area contributed by atoms with Crippen LogP contribution in [0, 0.1) is 18.6 Å². The largest absolute Gasteiger partial charge is 0.349 e. The molecule has 18 heavy (non-hydrogen) atoms. The van der Waals surface area contributed by atoms with Crippen LogP contribution in [-0.2, 0) is 0 Å². The number of halogens is 2. The van der Waals surface area contributed by atoms with Crippen molar-refractivity contribution in [1.82, 2.24) is 5.32 Å². The highest BCUT2D eigenvalue weighted by Gasteiger charge is 2.20. The van der Waals surface area contributed by atoms with Crippen LogP contribution in [0.5, 0.6) is 0 Å². The summed E-state index contributed by atoms with van der Waals surface area (Å²) in [5.74, 6) is -2.39. The molecule has 1 unspecified atom stereocenters. The number of hydrogen-bond donors (Lipinski definition) is 2. The second-order valence-corrected chi connectivity index (χ2v) is 4.21. The van der Waals surface area contributed by atoms with Crippen molar-refractivity contribution in [3.8, 4) is 0 Å². The average Bonchev–Trinajstić information content (AvgIpc) is 2.34. The minimum absolute atomic E-state index is 0.165. The summed E-state index contributed by atoms with van der Waals surface area (Å²) in [6, 6.07) is 2.23. The zero-order valence-corrected chi connectivity index (χ0v) is 10.6. The van der Waals surface area contributed by atoms with Crippen molar-refractivity contribution in [3.05, 3.63) is 34.9 Å². The molecule has 0 bridgehead atoms. The molecule has 0 fully saturated rings. The molecular weight excluding hydrogens is 238 g/mol. The maximum atomic E-state index is 13.7. The Morgan fingerprint density at radius 1 is 1.44 bits per heavy atom. The lowest BCUT2D eigenvalue weighted by Crippen LogP contribution is -2.36. The zero-order valence-electron chi connectivity index (χ0n) is 10.6. The van der Waals surface area contributed by atoms with Crippen LogP contribution in [-0.4, -0.2) is 18.5 Å². The van der Waals surface area contributed by atoms with Crippen molar-refractivity contribution in [2.24, 2.45) is 5.73 Å². The van der Waals surface area contributed by atoms with Gasteiger partial charge in [0.25, 0.3) is 5.91 Å². The first-order valence-electron chi connectivity index (χ1n) is 5.96. The van der Waals surface area contributed by atoms with Crippen LogP contribution in [0.1, 0.15) is 35.7 Å². The summed E-state index contributed by atoms with van der Waals surface area (Å²) >= 11 is 0. The zero-order chi connectivity index (χ0) is 13.7. The third-order valence-corrected chi connectivity index (χ3v) is 2.85. The van der Waals surface area contributed by atoms with Gasteiger partial charge < -0.3 is 11.1 Å². The maximum absolute atomic E-state index is 13.7. The van der Waals surface area contributed by atoms with Crippen molar-refractivity contribution in [2.45, 2.75) is 32.7 Å². The van der Waals surface area contributed by atoms with E-state index in [1.807, 2.05) is 6.92 Å². The third kappa shape index (κ3) is 3.26. The number of carbonyl (C=O) groups is 1. The normalized spacial score (nSPS) is 12.3. The van der Waals surface area contributed by atoms with Gasteiger partial charge >= 0.3 is 0 Å². The van der Waals surface area contributed by atoms with E-state index in [0.29, 0.717) is 19.4 Å². The highest BCUT2D eigenvalue weighted by molar-refractivity contribution is 5.95. The lowest BCUT2D eigenvalue weighted by Gasteiger charge is -2.16. The average molecular weight is 256 g/mol. The molecule has 0 aromatic heterocycles. The summed E-state index contributed by atoms with van der Waals surface area (Å²) in [5.41, 5.74) is 5.13. The Kier molecular flexibility index (Phi) is 5.22. The van der Waals surface area contributed by atoms with Crippen LogP contribution in [0.25, 0.3) is 0 Å². The van der Waals surface area contributed by atoms with E-state index < -0.39 is 23.1 Å². The van der Waals surface area contributed by atoms with Crippen LogP contribution in [0.4, 0.5) is 8.78 Å². The van der Waals surface area contributed by atoms with Crippen LogP contribution >= 0.6 is 0 Å². The molecule has 0 spiro atoms. The lowest BCUT2D eigenvalue weighted by molar-refractivity contribution is 0.0925. The summed E-state index contributed by atoms with van der Waals surface area (Å²) in [6.07, 6.45) is 1.25. The predicted molar refractivity (Wildman–Crippen MR) is 66.3 cm³/mol. The van der Waals surface area contributed by atoms with Crippen LogP contribution in [0.2, 0.25) is 0 Å². The number of aryl methyl sites for hydroxylation is 1. The molecule has 0 aliphatic rings. The minimum Gasteiger partial charge on any atom is -0.349 e. The van der Waals surface area contributed by atoms with Gasteiger partial charge in [-0.15, -0.1) is 0 Å². The number of carbonyl (C=O) groups excluding carboxylic acids is 1. The van der Waals surface area contributed by atoms with E-state index in [1.54, 1.807) is 0 Å². The number of nitrogens with one attached hydrogen (secondary N) is 1. The quantitative estimate of drug-likeness (QED) is 0.848. The molecule has 0 heterocycles. The fourth-order valence-corrected chi connectivity index (χ4v) is 1.70. The molecule has 5 heteroatoms. The molecule has 0 radical (unpaired) electrons.